The molecule has 0 heterocycles. The number of nitrogens with zero attached hydrogens (tertiary/aromatic N) is 1. The van der Waals surface area contributed by atoms with Crippen molar-refractivity contribution < 1.29 is 9.18 Å². The van der Waals surface area contributed by atoms with Gasteiger partial charge >= 0.3 is 0 Å². The van der Waals surface area contributed by atoms with Crippen LogP contribution in [0.25, 0.3) is 0 Å². The minimum absolute atomic E-state index is 0.212. The Kier molecular flexibility index (Phi) is 3.79. The van der Waals surface area contributed by atoms with Gasteiger partial charge in [-0.25, -0.2) is 4.39 Å². The number of amides is 1. The van der Waals surface area contributed by atoms with Crippen LogP contribution in [0, 0.1) is 12.7 Å². The standard InChI is InChI=1S/C10H12FN3O/c1-7-3-4-9(11)5-10(7)14-13-6-12-8(2)15/h3-6,14H,1-2H3,(H,12,13,15). The molecule has 0 fully saturated rings. The maximum absolute atomic E-state index is 12.8. The number of halogens is 1. The fourth-order valence-corrected chi connectivity index (χ4v) is 0.940. The van der Waals surface area contributed by atoms with Gasteiger partial charge in [0.1, 0.15) is 12.2 Å². The van der Waals surface area contributed by atoms with Gasteiger partial charge in [-0.3, -0.25) is 10.2 Å². The first-order chi connectivity index (χ1) is 7.09. The average molecular weight is 209 g/mol. The molecule has 1 aromatic carbocycles. The molecule has 80 valence electrons. The largest absolute Gasteiger partial charge is 0.316 e. The zero-order chi connectivity index (χ0) is 11.3. The van der Waals surface area contributed by atoms with Crippen molar-refractivity contribution >= 4 is 17.9 Å². The van der Waals surface area contributed by atoms with Gasteiger partial charge < -0.3 is 5.32 Å². The van der Waals surface area contributed by atoms with E-state index in [1.54, 1.807) is 6.07 Å². The second-order valence-electron chi connectivity index (χ2n) is 3.03. The van der Waals surface area contributed by atoms with Crippen molar-refractivity contribution in [2.75, 3.05) is 5.43 Å². The van der Waals surface area contributed by atoms with Crippen LogP contribution in [0.1, 0.15) is 12.5 Å². The van der Waals surface area contributed by atoms with Crippen molar-refractivity contribution in [3.05, 3.63) is 29.6 Å². The van der Waals surface area contributed by atoms with E-state index in [0.29, 0.717) is 5.69 Å². The number of carbonyl (C=O) groups is 1. The highest BCUT2D eigenvalue weighted by Crippen LogP contribution is 2.15. The second kappa shape index (κ2) is 5.09. The molecule has 0 aliphatic heterocycles. The van der Waals surface area contributed by atoms with Crippen molar-refractivity contribution in [1.82, 2.24) is 5.32 Å². The molecule has 0 aliphatic rings. The summed E-state index contributed by atoms with van der Waals surface area (Å²) in [6, 6.07) is 4.35. The second-order valence-corrected chi connectivity index (χ2v) is 3.03. The summed E-state index contributed by atoms with van der Waals surface area (Å²) in [7, 11) is 0. The SMILES string of the molecule is CC(=O)N/C=N/Nc1cc(F)ccc1C. The maximum atomic E-state index is 12.8. The normalized spacial score (nSPS) is 10.3. The molecule has 0 bridgehead atoms. The van der Waals surface area contributed by atoms with Gasteiger partial charge in [-0.15, -0.1) is 0 Å². The summed E-state index contributed by atoms with van der Waals surface area (Å²) in [6.45, 7) is 3.20. The Balaban J connectivity index is 2.60. The van der Waals surface area contributed by atoms with E-state index >= 15 is 0 Å². The van der Waals surface area contributed by atoms with E-state index in [-0.39, 0.29) is 11.7 Å². The predicted molar refractivity (Wildman–Crippen MR) is 57.1 cm³/mol. The van der Waals surface area contributed by atoms with Crippen LogP contribution in [0.5, 0.6) is 0 Å². The summed E-state index contributed by atoms with van der Waals surface area (Å²) < 4.78 is 12.8. The predicted octanol–water partition coefficient (Wildman–Crippen LogP) is 1.63. The van der Waals surface area contributed by atoms with E-state index in [4.69, 9.17) is 0 Å². The Morgan fingerprint density at radius 2 is 2.27 bits per heavy atom. The quantitative estimate of drug-likeness (QED) is 0.451. The first-order valence-electron chi connectivity index (χ1n) is 4.40. The molecular formula is C10H12FN3O. The van der Waals surface area contributed by atoms with Crippen molar-refractivity contribution in [2.24, 2.45) is 5.10 Å². The van der Waals surface area contributed by atoms with Crippen LogP contribution >= 0.6 is 0 Å². The number of nitrogens with one attached hydrogen (secondary N) is 2. The van der Waals surface area contributed by atoms with E-state index < -0.39 is 0 Å². The zero-order valence-electron chi connectivity index (χ0n) is 8.54. The van der Waals surface area contributed by atoms with Crippen molar-refractivity contribution in [3.63, 3.8) is 0 Å². The van der Waals surface area contributed by atoms with Gasteiger partial charge in [-0.1, -0.05) is 6.07 Å². The van der Waals surface area contributed by atoms with Crippen LogP contribution in [0.15, 0.2) is 23.3 Å². The molecule has 0 radical (unpaired) electrons. The van der Waals surface area contributed by atoms with Crippen LogP contribution in [-0.4, -0.2) is 12.2 Å². The highest BCUT2D eigenvalue weighted by molar-refractivity contribution is 5.85. The Morgan fingerprint density at radius 1 is 1.53 bits per heavy atom. The van der Waals surface area contributed by atoms with Crippen molar-refractivity contribution in [1.29, 1.82) is 0 Å². The average Bonchev–Trinajstić information content (AvgIpc) is 2.17. The molecule has 4 nitrogen and oxygen atoms in total. The summed E-state index contributed by atoms with van der Waals surface area (Å²) in [5, 5.41) is 6.07. The Labute approximate surface area is 87.2 Å². The van der Waals surface area contributed by atoms with Crippen LogP contribution in [0.2, 0.25) is 0 Å². The smallest absolute Gasteiger partial charge is 0.221 e. The van der Waals surface area contributed by atoms with Crippen LogP contribution in [0.4, 0.5) is 10.1 Å². The fourth-order valence-electron chi connectivity index (χ4n) is 0.940. The summed E-state index contributed by atoms with van der Waals surface area (Å²) in [6.07, 6.45) is 1.21. The third-order valence-corrected chi connectivity index (χ3v) is 1.72. The van der Waals surface area contributed by atoms with E-state index in [1.165, 1.54) is 25.4 Å². The van der Waals surface area contributed by atoms with Gasteiger partial charge in [-0.2, -0.15) is 5.10 Å². The molecule has 0 atom stereocenters. The Morgan fingerprint density at radius 3 is 2.93 bits per heavy atom. The number of hydrogen-bond acceptors (Lipinski definition) is 3. The number of carbonyl (C=O) groups excluding carboxylic acids is 1. The molecule has 15 heavy (non-hydrogen) atoms. The summed E-state index contributed by atoms with van der Waals surface area (Å²) in [5.41, 5.74) is 4.06. The van der Waals surface area contributed by atoms with Crippen LogP contribution < -0.4 is 10.7 Å². The number of rotatable bonds is 3. The van der Waals surface area contributed by atoms with Gasteiger partial charge in [-0.05, 0) is 24.6 Å². The highest BCUT2D eigenvalue weighted by atomic mass is 19.1. The third kappa shape index (κ3) is 3.76. The maximum Gasteiger partial charge on any atom is 0.221 e. The first-order valence-corrected chi connectivity index (χ1v) is 4.40. The van der Waals surface area contributed by atoms with Gasteiger partial charge in [0.25, 0.3) is 0 Å². The highest BCUT2D eigenvalue weighted by Gasteiger charge is 1.97. The van der Waals surface area contributed by atoms with Gasteiger partial charge in [0.15, 0.2) is 0 Å². The van der Waals surface area contributed by atoms with Gasteiger partial charge in [0.2, 0.25) is 5.91 Å². The topological polar surface area (TPSA) is 53.5 Å². The lowest BCUT2D eigenvalue weighted by molar-refractivity contribution is -0.117. The zero-order valence-corrected chi connectivity index (χ0v) is 8.54. The number of aryl methyl sites for hydroxylation is 1. The third-order valence-electron chi connectivity index (χ3n) is 1.72. The monoisotopic (exact) mass is 209 g/mol. The Hall–Kier alpha value is -1.91. The summed E-state index contributed by atoms with van der Waals surface area (Å²) in [5.74, 6) is -0.547. The van der Waals surface area contributed by atoms with Gasteiger partial charge in [0.05, 0.1) is 5.69 Å². The van der Waals surface area contributed by atoms with E-state index in [2.05, 4.69) is 15.8 Å². The Bertz CT molecular complexity index is 390. The van der Waals surface area contributed by atoms with E-state index in [0.717, 1.165) is 5.56 Å². The molecule has 1 amide bonds. The molecule has 1 rings (SSSR count). The molecule has 0 aromatic heterocycles. The molecule has 0 saturated heterocycles. The molecule has 0 aliphatic carbocycles. The first kappa shape index (κ1) is 11.2. The fraction of sp³-hybridized carbons (Fsp3) is 0.200. The minimum Gasteiger partial charge on any atom is -0.316 e. The molecule has 0 spiro atoms. The lowest BCUT2D eigenvalue weighted by atomic mass is 10.2. The van der Waals surface area contributed by atoms with E-state index in [1.807, 2.05) is 6.92 Å². The van der Waals surface area contributed by atoms with Crippen LogP contribution in [0.3, 0.4) is 0 Å². The summed E-state index contributed by atoms with van der Waals surface area (Å²) in [4.78, 5) is 10.5. The van der Waals surface area contributed by atoms with Crippen molar-refractivity contribution in [2.45, 2.75) is 13.8 Å². The number of anilines is 1. The molecule has 0 unspecified atom stereocenters. The van der Waals surface area contributed by atoms with E-state index in [9.17, 15) is 9.18 Å². The molecule has 5 heteroatoms. The van der Waals surface area contributed by atoms with Crippen molar-refractivity contribution in [3.8, 4) is 0 Å². The molecule has 2 N–H and O–H groups in total. The number of benzene rings is 1. The number of hydrogen-bond donors (Lipinski definition) is 2. The molecule has 1 aromatic rings. The minimum atomic E-state index is -0.335. The lowest BCUT2D eigenvalue weighted by Gasteiger charge is -2.03. The molecule has 0 saturated carbocycles. The number of hydrazone groups is 1. The molecular weight excluding hydrogens is 197 g/mol. The van der Waals surface area contributed by atoms with Crippen LogP contribution in [-0.2, 0) is 4.79 Å². The summed E-state index contributed by atoms with van der Waals surface area (Å²) >= 11 is 0. The lowest BCUT2D eigenvalue weighted by Crippen LogP contribution is -2.17. The van der Waals surface area contributed by atoms with Gasteiger partial charge in [0, 0.05) is 6.92 Å².